The van der Waals surface area contributed by atoms with Crippen LogP contribution in [0, 0.1) is 5.92 Å². The van der Waals surface area contributed by atoms with Crippen molar-refractivity contribution in [1.82, 2.24) is 4.90 Å². The number of aliphatic hydroxyl groups excluding tert-OH is 3. The summed E-state index contributed by atoms with van der Waals surface area (Å²) in [6, 6.07) is 0. The van der Waals surface area contributed by atoms with Crippen molar-refractivity contribution in [1.29, 1.82) is 0 Å². The van der Waals surface area contributed by atoms with Gasteiger partial charge in [-0.25, -0.2) is 4.79 Å². The molecule has 0 aromatic heterocycles. The molecule has 3 aliphatic rings. The molecule has 2 saturated heterocycles. The van der Waals surface area contributed by atoms with Crippen molar-refractivity contribution in [2.45, 2.75) is 56.8 Å². The number of phenols is 2. The third-order valence-electron chi connectivity index (χ3n) is 6.47. The molecule has 3 aliphatic heterocycles. The van der Waals surface area contributed by atoms with Crippen molar-refractivity contribution in [3.8, 4) is 17.2 Å². The molecule has 2 fully saturated rings. The Morgan fingerprint density at radius 3 is 2.58 bits per heavy atom. The Morgan fingerprint density at radius 2 is 1.94 bits per heavy atom. The first-order valence-corrected chi connectivity index (χ1v) is 10.5. The lowest BCUT2D eigenvalue weighted by atomic mass is 9.84. The summed E-state index contributed by atoms with van der Waals surface area (Å²) in [6.07, 6.45) is -4.51. The highest BCUT2D eigenvalue weighted by Crippen LogP contribution is 2.52. The van der Waals surface area contributed by atoms with Crippen LogP contribution in [0.5, 0.6) is 17.2 Å². The van der Waals surface area contributed by atoms with E-state index in [9.17, 15) is 30.3 Å². The molecule has 10 nitrogen and oxygen atoms in total. The van der Waals surface area contributed by atoms with Gasteiger partial charge in [0, 0.05) is 24.2 Å². The van der Waals surface area contributed by atoms with Crippen LogP contribution in [0.2, 0.25) is 0 Å². The summed E-state index contributed by atoms with van der Waals surface area (Å²) in [6.45, 7) is 3.36. The molecule has 0 bridgehead atoms. The van der Waals surface area contributed by atoms with Gasteiger partial charge in [-0.2, -0.15) is 0 Å². The van der Waals surface area contributed by atoms with Crippen LogP contribution in [0.3, 0.4) is 0 Å². The summed E-state index contributed by atoms with van der Waals surface area (Å²) >= 11 is 0. The number of benzene rings is 1. The lowest BCUT2D eigenvalue weighted by Gasteiger charge is -2.45. The first kappa shape index (κ1) is 22.1. The molecule has 10 heteroatoms. The van der Waals surface area contributed by atoms with Crippen molar-refractivity contribution in [2.24, 2.45) is 5.92 Å². The van der Waals surface area contributed by atoms with Crippen LogP contribution in [0.15, 0.2) is 0 Å². The van der Waals surface area contributed by atoms with E-state index in [-0.39, 0.29) is 34.7 Å². The van der Waals surface area contributed by atoms with E-state index in [0.717, 1.165) is 25.9 Å². The summed E-state index contributed by atoms with van der Waals surface area (Å²) in [4.78, 5) is 15.1. The topological polar surface area (TPSA) is 149 Å². The van der Waals surface area contributed by atoms with Gasteiger partial charge in [0.1, 0.15) is 24.4 Å². The van der Waals surface area contributed by atoms with Gasteiger partial charge < -0.3 is 39.7 Å². The molecule has 0 aliphatic carbocycles. The summed E-state index contributed by atoms with van der Waals surface area (Å²) in [5.74, 6) is -1.45. The van der Waals surface area contributed by atoms with Crippen molar-refractivity contribution in [3.05, 3.63) is 16.7 Å². The van der Waals surface area contributed by atoms with Gasteiger partial charge in [0.25, 0.3) is 0 Å². The first-order valence-electron chi connectivity index (χ1n) is 10.5. The fourth-order valence-electron chi connectivity index (χ4n) is 4.92. The normalized spacial score (nSPS) is 33.4. The summed E-state index contributed by atoms with van der Waals surface area (Å²) in [5, 5.41) is 51.9. The molecule has 5 N–H and O–H groups in total. The number of rotatable bonds is 4. The Balaban J connectivity index is 1.84. The van der Waals surface area contributed by atoms with E-state index >= 15 is 0 Å². The number of carbonyl (C=O) groups is 1. The van der Waals surface area contributed by atoms with Crippen molar-refractivity contribution < 1.29 is 44.5 Å². The quantitative estimate of drug-likeness (QED) is 0.407. The zero-order valence-corrected chi connectivity index (χ0v) is 17.5. The predicted octanol–water partition coefficient (Wildman–Crippen LogP) is 0.0313. The number of nitrogens with zero attached hydrogens (tertiary/aromatic N) is 1. The number of fused-ring (bicyclic) bond motifs is 3. The van der Waals surface area contributed by atoms with E-state index in [1.165, 1.54) is 7.11 Å². The highest BCUT2D eigenvalue weighted by atomic mass is 16.6. The van der Waals surface area contributed by atoms with E-state index in [1.54, 1.807) is 0 Å². The maximum atomic E-state index is 13.0. The number of aromatic hydroxyl groups is 2. The average molecular weight is 439 g/mol. The Morgan fingerprint density at radius 1 is 1.19 bits per heavy atom. The fourth-order valence-corrected chi connectivity index (χ4v) is 4.92. The number of phenolic OH excluding ortho intramolecular Hbond substituents is 2. The van der Waals surface area contributed by atoms with Gasteiger partial charge >= 0.3 is 5.97 Å². The number of hydrogen-bond donors (Lipinski definition) is 5. The van der Waals surface area contributed by atoms with Crippen molar-refractivity contribution in [3.63, 3.8) is 0 Å². The third-order valence-corrected chi connectivity index (χ3v) is 6.47. The zero-order chi connectivity index (χ0) is 22.4. The van der Waals surface area contributed by atoms with Crippen molar-refractivity contribution in [2.75, 3.05) is 26.8 Å². The monoisotopic (exact) mass is 439 g/mol. The van der Waals surface area contributed by atoms with Crippen LogP contribution in [0.4, 0.5) is 0 Å². The number of carbonyl (C=O) groups excluding carboxylic acids is 1. The standard InChI is InChI=1S/C21H29NO9/c1-9-4-3-5-22(6-9)7-10-12-13(16(26)19(29-2)14(10)24)18-20(31-21(12)28)17(27)15(25)11(8-23)30-18/h9,11,15,17-18,20,23-27H,3-8H2,1-2H3. The molecule has 4 rings (SSSR count). The van der Waals surface area contributed by atoms with E-state index in [2.05, 4.69) is 11.8 Å². The molecule has 3 heterocycles. The molecule has 1 aromatic rings. The minimum Gasteiger partial charge on any atom is -0.504 e. The van der Waals surface area contributed by atoms with E-state index in [1.807, 2.05) is 0 Å². The van der Waals surface area contributed by atoms with Crippen LogP contribution < -0.4 is 4.74 Å². The molecule has 0 amide bonds. The van der Waals surface area contributed by atoms with Crippen molar-refractivity contribution >= 4 is 5.97 Å². The SMILES string of the molecule is COc1c(O)c(CN2CCCC(C)C2)c2c(c1O)C1OC(CO)C(O)C(O)C1OC2=O. The molecular weight excluding hydrogens is 410 g/mol. The highest BCUT2D eigenvalue weighted by Gasteiger charge is 2.53. The molecule has 6 atom stereocenters. The van der Waals surface area contributed by atoms with Gasteiger partial charge in [0.2, 0.25) is 5.75 Å². The van der Waals surface area contributed by atoms with Gasteiger partial charge in [-0.15, -0.1) is 0 Å². The maximum Gasteiger partial charge on any atom is 0.339 e. The second-order valence-corrected chi connectivity index (χ2v) is 8.61. The molecular formula is C21H29NO9. The molecule has 0 spiro atoms. The highest BCUT2D eigenvalue weighted by molar-refractivity contribution is 5.97. The molecule has 172 valence electrons. The van der Waals surface area contributed by atoms with Crippen LogP contribution in [0.1, 0.15) is 47.4 Å². The van der Waals surface area contributed by atoms with E-state index in [4.69, 9.17) is 14.2 Å². The Bertz CT molecular complexity index is 860. The molecule has 31 heavy (non-hydrogen) atoms. The average Bonchev–Trinajstić information content (AvgIpc) is 2.74. The first-order chi connectivity index (χ1) is 14.8. The van der Waals surface area contributed by atoms with Gasteiger partial charge in [-0.3, -0.25) is 4.90 Å². The molecule has 0 saturated carbocycles. The number of esters is 1. The van der Waals surface area contributed by atoms with Crippen LogP contribution in [0.25, 0.3) is 0 Å². The second kappa shape index (κ2) is 8.44. The smallest absolute Gasteiger partial charge is 0.339 e. The van der Waals surface area contributed by atoms with Crippen LogP contribution in [-0.2, 0) is 16.0 Å². The molecule has 6 unspecified atom stereocenters. The predicted molar refractivity (Wildman–Crippen MR) is 106 cm³/mol. The number of methoxy groups -OCH3 is 1. The Labute approximate surface area is 179 Å². The van der Waals surface area contributed by atoms with Gasteiger partial charge in [0.05, 0.1) is 19.3 Å². The summed E-state index contributed by atoms with van der Waals surface area (Å²) in [5.41, 5.74) is 0.211. The lowest BCUT2D eigenvalue weighted by molar-refractivity contribution is -0.235. The molecule has 0 radical (unpaired) electrons. The minimum absolute atomic E-state index is 0.0142. The molecule has 1 aromatic carbocycles. The van der Waals surface area contributed by atoms with Crippen LogP contribution >= 0.6 is 0 Å². The second-order valence-electron chi connectivity index (χ2n) is 8.61. The van der Waals surface area contributed by atoms with Crippen LogP contribution in [-0.4, -0.2) is 87.6 Å². The van der Waals surface area contributed by atoms with Gasteiger partial charge in [-0.05, 0) is 25.3 Å². The number of ether oxygens (including phenoxy) is 3. The zero-order valence-electron chi connectivity index (χ0n) is 17.5. The fraction of sp³-hybridized carbons (Fsp3) is 0.667. The summed E-state index contributed by atoms with van der Waals surface area (Å²) in [7, 11) is 1.28. The van der Waals surface area contributed by atoms with Gasteiger partial charge in [0.15, 0.2) is 17.6 Å². The van der Waals surface area contributed by atoms with Gasteiger partial charge in [-0.1, -0.05) is 6.92 Å². The number of likely N-dealkylation sites (tertiary alicyclic amines) is 1. The maximum absolute atomic E-state index is 13.0. The largest absolute Gasteiger partial charge is 0.504 e. The number of aliphatic hydroxyl groups is 3. The van der Waals surface area contributed by atoms with E-state index < -0.39 is 48.8 Å². The third kappa shape index (κ3) is 3.62. The Kier molecular flexibility index (Phi) is 6.01. The minimum atomic E-state index is -1.53. The number of piperidine rings is 1. The lowest BCUT2D eigenvalue weighted by Crippen LogP contribution is -2.58. The number of hydrogen-bond acceptors (Lipinski definition) is 10. The Hall–Kier alpha value is -2.11. The summed E-state index contributed by atoms with van der Waals surface area (Å²) < 4.78 is 16.3. The van der Waals surface area contributed by atoms with E-state index in [0.29, 0.717) is 5.92 Å².